The number of nitrogens with zero attached hydrogens (tertiary/aromatic N) is 1. The lowest BCUT2D eigenvalue weighted by Crippen LogP contribution is -2.47. The summed E-state index contributed by atoms with van der Waals surface area (Å²) in [4.78, 5) is 13.4. The zero-order valence-electron chi connectivity index (χ0n) is 9.97. The smallest absolute Gasteiger partial charge is 0.289 e. The lowest BCUT2D eigenvalue weighted by atomic mass is 10.2. The molecule has 0 saturated carbocycles. The van der Waals surface area contributed by atoms with Crippen molar-refractivity contribution in [3.8, 4) is 0 Å². The number of carbonyl (C=O) groups is 1. The molecule has 1 atom stereocenters. The molecule has 0 saturated heterocycles. The molecule has 1 amide bonds. The van der Waals surface area contributed by atoms with Gasteiger partial charge in [0.1, 0.15) is 0 Å². The van der Waals surface area contributed by atoms with Gasteiger partial charge in [-0.3, -0.25) is 4.79 Å². The van der Waals surface area contributed by atoms with Gasteiger partial charge in [0, 0.05) is 14.2 Å². The molecule has 1 rings (SSSR count). The molecule has 0 aromatic rings. The van der Waals surface area contributed by atoms with Crippen molar-refractivity contribution in [1.82, 2.24) is 4.90 Å². The summed E-state index contributed by atoms with van der Waals surface area (Å²) in [6.45, 7) is 2.77. The molecule has 92 valence electrons. The van der Waals surface area contributed by atoms with Crippen LogP contribution in [0.3, 0.4) is 0 Å². The number of aliphatic hydroxyl groups is 1. The van der Waals surface area contributed by atoms with Crippen LogP contribution in [0.1, 0.15) is 13.3 Å². The monoisotopic (exact) mass is 229 g/mol. The molecule has 0 spiro atoms. The SMILES string of the molecule is CCC1C=C(O)C(=O)N1C(COC)COC. The van der Waals surface area contributed by atoms with Crippen LogP contribution in [0.25, 0.3) is 0 Å². The van der Waals surface area contributed by atoms with Gasteiger partial charge in [0.25, 0.3) is 5.91 Å². The van der Waals surface area contributed by atoms with Crippen molar-refractivity contribution in [3.63, 3.8) is 0 Å². The van der Waals surface area contributed by atoms with E-state index in [2.05, 4.69) is 0 Å². The van der Waals surface area contributed by atoms with E-state index in [-0.39, 0.29) is 23.8 Å². The van der Waals surface area contributed by atoms with Gasteiger partial charge in [-0.2, -0.15) is 0 Å². The minimum absolute atomic E-state index is 0.0669. The number of aliphatic hydroxyl groups excluding tert-OH is 1. The van der Waals surface area contributed by atoms with Gasteiger partial charge in [0.05, 0.1) is 25.3 Å². The van der Waals surface area contributed by atoms with E-state index in [4.69, 9.17) is 9.47 Å². The molecule has 1 unspecified atom stereocenters. The van der Waals surface area contributed by atoms with Crippen molar-refractivity contribution < 1.29 is 19.4 Å². The van der Waals surface area contributed by atoms with Gasteiger partial charge in [-0.25, -0.2) is 0 Å². The maximum Gasteiger partial charge on any atom is 0.289 e. The van der Waals surface area contributed by atoms with Crippen LogP contribution in [0, 0.1) is 0 Å². The quantitative estimate of drug-likeness (QED) is 0.728. The van der Waals surface area contributed by atoms with Gasteiger partial charge in [-0.15, -0.1) is 0 Å². The highest BCUT2D eigenvalue weighted by Crippen LogP contribution is 2.22. The second-order valence-corrected chi connectivity index (χ2v) is 3.80. The molecule has 5 nitrogen and oxygen atoms in total. The number of hydrogen-bond donors (Lipinski definition) is 1. The molecule has 0 radical (unpaired) electrons. The molecule has 1 N–H and O–H groups in total. The summed E-state index contributed by atoms with van der Waals surface area (Å²) in [5, 5.41) is 9.44. The van der Waals surface area contributed by atoms with Crippen LogP contribution in [0.2, 0.25) is 0 Å². The summed E-state index contributed by atoms with van der Waals surface area (Å²) in [6, 6.07) is -0.226. The molecule has 1 heterocycles. The first kappa shape index (κ1) is 13.0. The number of carbonyl (C=O) groups excluding carboxylic acids is 1. The van der Waals surface area contributed by atoms with Crippen molar-refractivity contribution in [2.45, 2.75) is 25.4 Å². The van der Waals surface area contributed by atoms with Crippen molar-refractivity contribution in [2.24, 2.45) is 0 Å². The van der Waals surface area contributed by atoms with Crippen molar-refractivity contribution in [3.05, 3.63) is 11.8 Å². The van der Waals surface area contributed by atoms with Crippen LogP contribution in [0.5, 0.6) is 0 Å². The predicted molar refractivity (Wildman–Crippen MR) is 59.2 cm³/mol. The molecular weight excluding hydrogens is 210 g/mol. The number of amides is 1. The third-order valence-corrected chi connectivity index (χ3v) is 2.69. The topological polar surface area (TPSA) is 59.0 Å². The predicted octanol–water partition coefficient (Wildman–Crippen LogP) is 0.710. The van der Waals surface area contributed by atoms with Gasteiger partial charge >= 0.3 is 0 Å². The van der Waals surface area contributed by atoms with Gasteiger partial charge in [0.2, 0.25) is 0 Å². The van der Waals surface area contributed by atoms with E-state index in [0.29, 0.717) is 13.2 Å². The molecule has 0 aromatic heterocycles. The molecular formula is C11H19NO4. The Kier molecular flexibility index (Phi) is 4.76. The Balaban J connectivity index is 2.78. The fourth-order valence-electron chi connectivity index (χ4n) is 1.96. The van der Waals surface area contributed by atoms with Gasteiger partial charge in [0.15, 0.2) is 5.76 Å². The normalized spacial score (nSPS) is 20.8. The minimum atomic E-state index is -0.342. The highest BCUT2D eigenvalue weighted by Gasteiger charge is 2.36. The molecule has 0 aromatic carbocycles. The highest BCUT2D eigenvalue weighted by molar-refractivity contribution is 5.94. The average Bonchev–Trinajstić information content (AvgIpc) is 2.55. The molecule has 0 aliphatic carbocycles. The lowest BCUT2D eigenvalue weighted by Gasteiger charge is -2.31. The molecule has 5 heteroatoms. The van der Waals surface area contributed by atoms with Gasteiger partial charge in [-0.05, 0) is 12.5 Å². The summed E-state index contributed by atoms with van der Waals surface area (Å²) < 4.78 is 10.1. The summed E-state index contributed by atoms with van der Waals surface area (Å²) in [6.07, 6.45) is 2.35. The number of hydrogen-bond acceptors (Lipinski definition) is 4. The Labute approximate surface area is 95.6 Å². The first-order valence-corrected chi connectivity index (χ1v) is 5.37. The third kappa shape index (κ3) is 2.54. The van der Waals surface area contributed by atoms with E-state index < -0.39 is 0 Å². The number of rotatable bonds is 6. The van der Waals surface area contributed by atoms with E-state index in [9.17, 15) is 9.90 Å². The van der Waals surface area contributed by atoms with E-state index in [1.54, 1.807) is 25.2 Å². The minimum Gasteiger partial charge on any atom is -0.503 e. The summed E-state index contributed by atoms with van der Waals surface area (Å²) >= 11 is 0. The number of methoxy groups -OCH3 is 2. The van der Waals surface area contributed by atoms with E-state index >= 15 is 0 Å². The van der Waals surface area contributed by atoms with Crippen LogP contribution in [0.4, 0.5) is 0 Å². The van der Waals surface area contributed by atoms with Crippen molar-refractivity contribution in [2.75, 3.05) is 27.4 Å². The fourth-order valence-corrected chi connectivity index (χ4v) is 1.96. The van der Waals surface area contributed by atoms with Crippen LogP contribution in [-0.4, -0.2) is 55.4 Å². The van der Waals surface area contributed by atoms with Gasteiger partial charge < -0.3 is 19.5 Å². The Hall–Kier alpha value is -1.07. The average molecular weight is 229 g/mol. The lowest BCUT2D eigenvalue weighted by molar-refractivity contribution is -0.134. The zero-order chi connectivity index (χ0) is 12.1. The molecule has 1 aliphatic heterocycles. The first-order chi connectivity index (χ1) is 7.65. The van der Waals surface area contributed by atoms with Crippen LogP contribution in [-0.2, 0) is 14.3 Å². The van der Waals surface area contributed by atoms with Crippen LogP contribution < -0.4 is 0 Å². The second-order valence-electron chi connectivity index (χ2n) is 3.80. The van der Waals surface area contributed by atoms with Crippen molar-refractivity contribution in [1.29, 1.82) is 0 Å². The Morgan fingerprint density at radius 3 is 2.44 bits per heavy atom. The van der Waals surface area contributed by atoms with E-state index in [1.807, 2.05) is 6.92 Å². The molecule has 1 aliphatic rings. The Bertz CT molecular complexity index is 271. The first-order valence-electron chi connectivity index (χ1n) is 5.37. The highest BCUT2D eigenvalue weighted by atomic mass is 16.5. The zero-order valence-corrected chi connectivity index (χ0v) is 9.97. The summed E-state index contributed by atoms with van der Waals surface area (Å²) in [5.74, 6) is -0.519. The molecule has 0 fully saturated rings. The van der Waals surface area contributed by atoms with Gasteiger partial charge in [-0.1, -0.05) is 6.92 Å². The molecule has 16 heavy (non-hydrogen) atoms. The largest absolute Gasteiger partial charge is 0.503 e. The standard InChI is InChI=1S/C11H19NO4/c1-4-8-5-10(13)11(14)12(8)9(6-15-2)7-16-3/h5,8-9,13H,4,6-7H2,1-3H3. The molecule has 0 bridgehead atoms. The van der Waals surface area contributed by atoms with Crippen LogP contribution in [0.15, 0.2) is 11.8 Å². The number of ether oxygens (including phenoxy) is 2. The third-order valence-electron chi connectivity index (χ3n) is 2.69. The maximum atomic E-state index is 11.8. The maximum absolute atomic E-state index is 11.8. The summed E-state index contributed by atoms with van der Waals surface area (Å²) in [7, 11) is 3.16. The van der Waals surface area contributed by atoms with Crippen LogP contribution >= 0.6 is 0 Å². The Morgan fingerprint density at radius 2 is 2.00 bits per heavy atom. The van der Waals surface area contributed by atoms with E-state index in [0.717, 1.165) is 6.42 Å². The summed E-state index contributed by atoms with van der Waals surface area (Å²) in [5.41, 5.74) is 0. The van der Waals surface area contributed by atoms with E-state index in [1.165, 1.54) is 0 Å². The van der Waals surface area contributed by atoms with Crippen molar-refractivity contribution >= 4 is 5.91 Å². The fraction of sp³-hybridized carbons (Fsp3) is 0.727. The second kappa shape index (κ2) is 5.86. The Morgan fingerprint density at radius 1 is 1.44 bits per heavy atom.